The van der Waals surface area contributed by atoms with Crippen molar-refractivity contribution < 1.29 is 0 Å². The fraction of sp³-hybridized carbons (Fsp3) is 0.364. The van der Waals surface area contributed by atoms with Gasteiger partial charge in [-0.15, -0.1) is 0 Å². The quantitative estimate of drug-likeness (QED) is 0.256. The second kappa shape index (κ2) is 13.3. The summed E-state index contributed by atoms with van der Waals surface area (Å²) in [5.41, 5.74) is 7.62. The highest BCUT2D eigenvalue weighted by Crippen LogP contribution is 2.37. The van der Waals surface area contributed by atoms with Crippen LogP contribution in [0.15, 0.2) is 79.5 Å². The molecule has 1 atom stereocenters. The number of aryl methyl sites for hydroxylation is 1. The van der Waals surface area contributed by atoms with Gasteiger partial charge in [0, 0.05) is 54.8 Å². The van der Waals surface area contributed by atoms with Crippen molar-refractivity contribution in [3.8, 4) is 11.1 Å². The number of aromatic nitrogens is 4. The van der Waals surface area contributed by atoms with E-state index in [0.29, 0.717) is 5.92 Å². The van der Waals surface area contributed by atoms with Gasteiger partial charge < -0.3 is 14.8 Å². The highest BCUT2D eigenvalue weighted by Gasteiger charge is 2.27. The van der Waals surface area contributed by atoms with Crippen LogP contribution in [0, 0.1) is 5.92 Å². The molecule has 6 nitrogen and oxygen atoms in total. The first-order valence-electron chi connectivity index (χ1n) is 14.3. The molecule has 6 rings (SSSR count). The summed E-state index contributed by atoms with van der Waals surface area (Å²) in [5.74, 6) is 0.550. The number of rotatable bonds is 5. The second-order valence-corrected chi connectivity index (χ2v) is 9.69. The number of anilines is 1. The SMILES string of the molecule is CC.CC.CN1CCC(C(Nc2cc(-c3ccc4ccn(C)c4c3)c3nccnc3c2)c2ccncc2)CC1. The van der Waals surface area contributed by atoms with Crippen LogP contribution in [0.3, 0.4) is 0 Å². The first kappa shape index (κ1) is 28.2. The van der Waals surface area contributed by atoms with Crippen LogP contribution in [0.5, 0.6) is 0 Å². The van der Waals surface area contributed by atoms with Crippen molar-refractivity contribution in [2.75, 3.05) is 25.5 Å². The Hall–Kier alpha value is -3.77. The largest absolute Gasteiger partial charge is 0.378 e. The Balaban J connectivity index is 0.000000845. The molecule has 0 aliphatic carbocycles. The van der Waals surface area contributed by atoms with Crippen molar-refractivity contribution in [3.05, 3.63) is 85.1 Å². The average Bonchev–Trinajstić information content (AvgIpc) is 3.38. The monoisotopic (exact) mass is 522 g/mol. The summed E-state index contributed by atoms with van der Waals surface area (Å²) in [6.45, 7) is 10.2. The molecule has 39 heavy (non-hydrogen) atoms. The summed E-state index contributed by atoms with van der Waals surface area (Å²) in [7, 11) is 4.30. The summed E-state index contributed by atoms with van der Waals surface area (Å²) < 4.78 is 2.16. The Labute approximate surface area is 233 Å². The minimum absolute atomic E-state index is 0.212. The maximum Gasteiger partial charge on any atom is 0.0966 e. The van der Waals surface area contributed by atoms with E-state index in [2.05, 4.69) is 93.6 Å². The first-order valence-corrected chi connectivity index (χ1v) is 14.3. The van der Waals surface area contributed by atoms with E-state index in [1.165, 1.54) is 29.3 Å². The van der Waals surface area contributed by atoms with E-state index in [4.69, 9.17) is 4.98 Å². The zero-order chi connectivity index (χ0) is 27.8. The molecule has 4 heterocycles. The Bertz CT molecular complexity index is 1470. The highest BCUT2D eigenvalue weighted by molar-refractivity contribution is 5.97. The smallest absolute Gasteiger partial charge is 0.0966 e. The molecule has 1 saturated heterocycles. The summed E-state index contributed by atoms with van der Waals surface area (Å²) in [6, 6.07) is 17.6. The lowest BCUT2D eigenvalue weighted by atomic mass is 9.85. The van der Waals surface area contributed by atoms with Crippen molar-refractivity contribution in [2.24, 2.45) is 13.0 Å². The molecule has 3 aromatic heterocycles. The molecule has 0 saturated carbocycles. The van der Waals surface area contributed by atoms with Gasteiger partial charge in [-0.25, -0.2) is 0 Å². The van der Waals surface area contributed by atoms with Crippen LogP contribution < -0.4 is 5.32 Å². The van der Waals surface area contributed by atoms with Crippen LogP contribution in [0.2, 0.25) is 0 Å². The summed E-state index contributed by atoms with van der Waals surface area (Å²) in [4.78, 5) is 16.1. The van der Waals surface area contributed by atoms with Crippen LogP contribution in [0.1, 0.15) is 52.1 Å². The fourth-order valence-electron chi connectivity index (χ4n) is 5.39. The van der Waals surface area contributed by atoms with Crippen molar-refractivity contribution in [1.82, 2.24) is 24.4 Å². The average molecular weight is 523 g/mol. The molecule has 0 amide bonds. The fourth-order valence-corrected chi connectivity index (χ4v) is 5.39. The highest BCUT2D eigenvalue weighted by atomic mass is 15.1. The Morgan fingerprint density at radius 3 is 2.28 bits per heavy atom. The molecule has 204 valence electrons. The van der Waals surface area contributed by atoms with Crippen LogP contribution >= 0.6 is 0 Å². The Kier molecular flexibility index (Phi) is 9.66. The molecule has 0 bridgehead atoms. The number of benzene rings is 2. The lowest BCUT2D eigenvalue weighted by Crippen LogP contribution is -2.34. The van der Waals surface area contributed by atoms with Crippen molar-refractivity contribution in [2.45, 2.75) is 46.6 Å². The predicted octanol–water partition coefficient (Wildman–Crippen LogP) is 7.73. The van der Waals surface area contributed by atoms with Gasteiger partial charge in [0.25, 0.3) is 0 Å². The minimum atomic E-state index is 0.212. The van der Waals surface area contributed by atoms with Gasteiger partial charge in [-0.2, -0.15) is 0 Å². The van der Waals surface area contributed by atoms with Crippen molar-refractivity contribution in [1.29, 1.82) is 0 Å². The molecule has 1 aliphatic rings. The van der Waals surface area contributed by atoms with Gasteiger partial charge in [0.1, 0.15) is 0 Å². The molecule has 0 spiro atoms. The summed E-state index contributed by atoms with van der Waals surface area (Å²) in [6.07, 6.45) is 11.8. The molecule has 6 heteroatoms. The first-order chi connectivity index (χ1) is 19.2. The molecule has 1 aliphatic heterocycles. The van der Waals surface area contributed by atoms with Gasteiger partial charge in [-0.05, 0) is 91.8 Å². The van der Waals surface area contributed by atoms with Crippen molar-refractivity contribution >= 4 is 27.6 Å². The minimum Gasteiger partial charge on any atom is -0.378 e. The number of nitrogens with one attached hydrogen (secondary N) is 1. The number of nitrogens with zero attached hydrogens (tertiary/aromatic N) is 5. The molecule has 2 aromatic carbocycles. The van der Waals surface area contributed by atoms with Gasteiger partial charge in [-0.1, -0.05) is 39.8 Å². The number of hydrogen-bond donors (Lipinski definition) is 1. The van der Waals surface area contributed by atoms with E-state index in [1.54, 1.807) is 12.4 Å². The second-order valence-electron chi connectivity index (χ2n) is 9.69. The predicted molar refractivity (Wildman–Crippen MR) is 165 cm³/mol. The summed E-state index contributed by atoms with van der Waals surface area (Å²) >= 11 is 0. The van der Waals surface area contributed by atoms with Crippen LogP contribution in [-0.4, -0.2) is 44.6 Å². The molecule has 1 N–H and O–H groups in total. The molecule has 0 radical (unpaired) electrons. The third-order valence-electron chi connectivity index (χ3n) is 7.39. The van der Waals surface area contributed by atoms with E-state index in [9.17, 15) is 0 Å². The normalized spacial score (nSPS) is 14.7. The van der Waals surface area contributed by atoms with E-state index < -0.39 is 0 Å². The standard InChI is InChI=1S/C29H30N6.2C2H6/c1-34-14-7-22(8-15-34)28(21-5-10-30-11-6-21)33-24-18-25(29-26(19-24)31-12-13-32-29)23-4-3-20-9-16-35(2)27(20)17-23;2*1-2/h3-6,9-13,16-19,22,28,33H,7-8,14-15H2,1-2H3;2*1-2H3. The molecule has 5 aromatic rings. The van der Waals surface area contributed by atoms with Crippen LogP contribution in [0.4, 0.5) is 5.69 Å². The lowest BCUT2D eigenvalue weighted by Gasteiger charge is -2.35. The third-order valence-corrected chi connectivity index (χ3v) is 7.39. The van der Waals surface area contributed by atoms with E-state index in [-0.39, 0.29) is 6.04 Å². The molecule has 1 unspecified atom stereocenters. The third kappa shape index (κ3) is 6.28. The molecular weight excluding hydrogens is 480 g/mol. The maximum atomic E-state index is 4.71. The Morgan fingerprint density at radius 2 is 1.54 bits per heavy atom. The van der Waals surface area contributed by atoms with E-state index in [1.807, 2.05) is 40.1 Å². The Morgan fingerprint density at radius 1 is 0.821 bits per heavy atom. The van der Waals surface area contributed by atoms with Gasteiger partial charge >= 0.3 is 0 Å². The molecule has 1 fully saturated rings. The van der Waals surface area contributed by atoms with Gasteiger partial charge in [0.15, 0.2) is 0 Å². The number of pyridine rings is 1. The van der Waals surface area contributed by atoms with E-state index in [0.717, 1.165) is 40.9 Å². The number of likely N-dealkylation sites (tertiary alicyclic amines) is 1. The van der Waals surface area contributed by atoms with E-state index >= 15 is 0 Å². The number of fused-ring (bicyclic) bond motifs is 2. The maximum absolute atomic E-state index is 4.71. The molecular formula is C33H42N6. The van der Waals surface area contributed by atoms with Crippen molar-refractivity contribution in [3.63, 3.8) is 0 Å². The summed E-state index contributed by atoms with van der Waals surface area (Å²) in [5, 5.41) is 5.14. The lowest BCUT2D eigenvalue weighted by molar-refractivity contribution is 0.204. The number of piperidine rings is 1. The van der Waals surface area contributed by atoms with Crippen LogP contribution in [0.25, 0.3) is 33.1 Å². The van der Waals surface area contributed by atoms with Gasteiger partial charge in [0.05, 0.1) is 17.1 Å². The topological polar surface area (TPSA) is 58.9 Å². The van der Waals surface area contributed by atoms with Gasteiger partial charge in [-0.3, -0.25) is 15.0 Å². The van der Waals surface area contributed by atoms with Crippen LogP contribution in [-0.2, 0) is 7.05 Å². The van der Waals surface area contributed by atoms with Gasteiger partial charge in [0.2, 0.25) is 0 Å². The number of hydrogen-bond acceptors (Lipinski definition) is 5. The zero-order valence-electron chi connectivity index (χ0n) is 24.2. The zero-order valence-corrected chi connectivity index (χ0v) is 24.2.